The molecule has 3 rings (SSSR count). The second kappa shape index (κ2) is 10.4. The molecule has 0 spiro atoms. The highest BCUT2D eigenvalue weighted by Gasteiger charge is 2.58. The molecule has 0 aromatic heterocycles. The van der Waals surface area contributed by atoms with E-state index in [-0.39, 0.29) is 29.6 Å². The highest BCUT2D eigenvalue weighted by Crippen LogP contribution is 2.57. The molecule has 6 heteroatoms. The molecule has 2 atom stereocenters. The smallest absolute Gasteiger partial charge is 0.303 e. The number of rotatable bonds is 8. The fourth-order valence-corrected chi connectivity index (χ4v) is 6.12. The SMILES string of the molecule is CCCCCCC(C)(C)c1ccc2c(c1)OC(C)(C)C1CC=C(N(C(C)=O)C(C)=O)CC21OC(C)=O. The van der Waals surface area contributed by atoms with E-state index in [1.807, 2.05) is 26.0 Å². The van der Waals surface area contributed by atoms with Gasteiger partial charge in [-0.3, -0.25) is 19.3 Å². The average Bonchev–Trinajstić information content (AvgIpc) is 2.75. The second-order valence-electron chi connectivity index (χ2n) is 11.6. The summed E-state index contributed by atoms with van der Waals surface area (Å²) >= 11 is 0. The van der Waals surface area contributed by atoms with Crippen LogP contribution >= 0.6 is 0 Å². The first-order valence-electron chi connectivity index (χ1n) is 13.3. The van der Waals surface area contributed by atoms with Crippen LogP contribution in [-0.4, -0.2) is 28.3 Å². The van der Waals surface area contributed by atoms with E-state index in [4.69, 9.17) is 9.47 Å². The van der Waals surface area contributed by atoms with Crippen LogP contribution in [0.3, 0.4) is 0 Å². The summed E-state index contributed by atoms with van der Waals surface area (Å²) in [4.78, 5) is 38.4. The first kappa shape index (κ1) is 27.9. The van der Waals surface area contributed by atoms with Gasteiger partial charge in [-0.05, 0) is 43.7 Å². The third kappa shape index (κ3) is 5.37. The molecule has 1 aromatic rings. The maximum Gasteiger partial charge on any atom is 0.303 e. The Balaban J connectivity index is 2.10. The largest absolute Gasteiger partial charge is 0.487 e. The van der Waals surface area contributed by atoms with Crippen molar-refractivity contribution in [1.29, 1.82) is 0 Å². The van der Waals surface area contributed by atoms with Crippen LogP contribution in [0.5, 0.6) is 5.75 Å². The number of allylic oxidation sites excluding steroid dienone is 1. The Morgan fingerprint density at radius 2 is 1.75 bits per heavy atom. The highest BCUT2D eigenvalue weighted by atomic mass is 16.6. The molecule has 198 valence electrons. The number of unbranched alkanes of at least 4 members (excludes halogenated alkanes) is 3. The number of imide groups is 1. The number of ether oxygens (including phenoxy) is 2. The maximum atomic E-state index is 12.5. The number of fused-ring (bicyclic) bond motifs is 3. The van der Waals surface area contributed by atoms with Crippen molar-refractivity contribution in [1.82, 2.24) is 4.90 Å². The van der Waals surface area contributed by atoms with Gasteiger partial charge in [-0.25, -0.2) is 0 Å². The number of amides is 2. The molecule has 0 saturated carbocycles. The minimum Gasteiger partial charge on any atom is -0.487 e. The summed E-state index contributed by atoms with van der Waals surface area (Å²) in [5, 5.41) is 0. The molecule has 0 N–H and O–H groups in total. The topological polar surface area (TPSA) is 72.9 Å². The summed E-state index contributed by atoms with van der Waals surface area (Å²) in [7, 11) is 0. The zero-order chi connectivity index (χ0) is 26.9. The molecule has 0 radical (unpaired) electrons. The van der Waals surface area contributed by atoms with Crippen molar-refractivity contribution in [3.05, 3.63) is 41.1 Å². The lowest BCUT2D eigenvalue weighted by Gasteiger charge is -2.54. The minimum absolute atomic E-state index is 0.0284. The van der Waals surface area contributed by atoms with E-state index >= 15 is 0 Å². The lowest BCUT2D eigenvalue weighted by Crippen LogP contribution is -2.57. The lowest BCUT2D eigenvalue weighted by molar-refractivity contribution is -0.186. The van der Waals surface area contributed by atoms with Gasteiger partial charge in [0, 0.05) is 44.4 Å². The van der Waals surface area contributed by atoms with Crippen LogP contribution in [0.15, 0.2) is 30.0 Å². The van der Waals surface area contributed by atoms with E-state index in [9.17, 15) is 14.4 Å². The number of hydrogen-bond donors (Lipinski definition) is 0. The van der Waals surface area contributed by atoms with E-state index < -0.39 is 17.2 Å². The molecule has 2 aliphatic rings. The predicted octanol–water partition coefficient (Wildman–Crippen LogP) is 6.55. The van der Waals surface area contributed by atoms with E-state index in [1.54, 1.807) is 0 Å². The molecule has 1 aromatic carbocycles. The molecule has 1 heterocycles. The van der Waals surface area contributed by atoms with Gasteiger partial charge in [0.05, 0.1) is 0 Å². The number of carbonyl (C=O) groups is 3. The number of benzene rings is 1. The van der Waals surface area contributed by atoms with Crippen molar-refractivity contribution in [3.63, 3.8) is 0 Å². The maximum absolute atomic E-state index is 12.5. The van der Waals surface area contributed by atoms with E-state index in [2.05, 4.69) is 32.9 Å². The fourth-order valence-electron chi connectivity index (χ4n) is 6.12. The van der Waals surface area contributed by atoms with Crippen molar-refractivity contribution in [3.8, 4) is 5.75 Å². The predicted molar refractivity (Wildman–Crippen MR) is 140 cm³/mol. The van der Waals surface area contributed by atoms with Crippen LogP contribution in [0.4, 0.5) is 0 Å². The van der Waals surface area contributed by atoms with Crippen molar-refractivity contribution >= 4 is 17.8 Å². The van der Waals surface area contributed by atoms with Crippen LogP contribution in [0, 0.1) is 5.92 Å². The molecule has 2 unspecified atom stereocenters. The van der Waals surface area contributed by atoms with Crippen molar-refractivity contribution < 1.29 is 23.9 Å². The lowest BCUT2D eigenvalue weighted by atomic mass is 9.64. The molecule has 1 aliphatic heterocycles. The third-order valence-electron chi connectivity index (χ3n) is 7.93. The van der Waals surface area contributed by atoms with Crippen LogP contribution in [0.2, 0.25) is 0 Å². The number of nitrogens with zero attached hydrogens (tertiary/aromatic N) is 1. The third-order valence-corrected chi connectivity index (χ3v) is 7.93. The molecule has 0 fully saturated rings. The molecular formula is C30H43NO5. The standard InChI is InChI=1S/C30H43NO5/c1-9-10-11-12-17-28(5,6)23-13-15-25-26(18-23)36-29(7,8)27-16-14-24(31(20(2)32)21(3)33)19-30(25,27)35-22(4)34/h13-15,18,27H,9-12,16-17,19H2,1-8H3. The summed E-state index contributed by atoms with van der Waals surface area (Å²) in [6, 6.07) is 6.25. The van der Waals surface area contributed by atoms with E-state index in [0.29, 0.717) is 17.9 Å². The Kier molecular flexibility index (Phi) is 8.07. The second-order valence-corrected chi connectivity index (χ2v) is 11.6. The normalized spacial score (nSPS) is 22.4. The van der Waals surface area contributed by atoms with Gasteiger partial charge in [-0.1, -0.05) is 64.7 Å². The van der Waals surface area contributed by atoms with Crippen LogP contribution in [-0.2, 0) is 30.1 Å². The Morgan fingerprint density at radius 3 is 2.33 bits per heavy atom. The minimum atomic E-state index is -1.04. The van der Waals surface area contributed by atoms with Gasteiger partial charge in [0.25, 0.3) is 0 Å². The summed E-state index contributed by atoms with van der Waals surface area (Å²) < 4.78 is 12.8. The van der Waals surface area contributed by atoms with E-state index in [1.165, 1.54) is 56.9 Å². The monoisotopic (exact) mass is 497 g/mol. The van der Waals surface area contributed by atoms with Gasteiger partial charge in [0.1, 0.15) is 11.4 Å². The Morgan fingerprint density at radius 1 is 1.08 bits per heavy atom. The summed E-state index contributed by atoms with van der Waals surface area (Å²) in [5.74, 6) is -0.579. The number of hydrogen-bond acceptors (Lipinski definition) is 5. The van der Waals surface area contributed by atoms with Gasteiger partial charge in [0.2, 0.25) is 11.8 Å². The van der Waals surface area contributed by atoms with Crippen molar-refractivity contribution in [2.75, 3.05) is 0 Å². The molecule has 2 amide bonds. The zero-order valence-electron chi connectivity index (χ0n) is 23.3. The van der Waals surface area contributed by atoms with Gasteiger partial charge < -0.3 is 9.47 Å². The van der Waals surface area contributed by atoms with Crippen molar-refractivity contribution in [2.45, 2.75) is 117 Å². The van der Waals surface area contributed by atoms with Crippen LogP contribution < -0.4 is 4.74 Å². The number of carbonyl (C=O) groups excluding carboxylic acids is 3. The van der Waals surface area contributed by atoms with E-state index in [0.717, 1.165) is 12.0 Å². The number of esters is 1. The molecule has 0 bridgehead atoms. The Labute approximate surface area is 216 Å². The quantitative estimate of drug-likeness (QED) is 0.301. The van der Waals surface area contributed by atoms with Crippen molar-refractivity contribution in [2.24, 2.45) is 5.92 Å². The van der Waals surface area contributed by atoms with Gasteiger partial charge >= 0.3 is 5.97 Å². The molecule has 1 aliphatic carbocycles. The molecular weight excluding hydrogens is 454 g/mol. The Bertz CT molecular complexity index is 1040. The first-order chi connectivity index (χ1) is 16.7. The Hall–Kier alpha value is -2.63. The highest BCUT2D eigenvalue weighted by molar-refractivity contribution is 5.95. The summed E-state index contributed by atoms with van der Waals surface area (Å²) in [6.45, 7) is 15.0. The average molecular weight is 498 g/mol. The van der Waals surface area contributed by atoms with Gasteiger partial charge in [-0.15, -0.1) is 0 Å². The van der Waals surface area contributed by atoms with Crippen LogP contribution in [0.1, 0.15) is 111 Å². The van der Waals surface area contributed by atoms with Gasteiger partial charge in [-0.2, -0.15) is 0 Å². The fraction of sp³-hybridized carbons (Fsp3) is 0.633. The van der Waals surface area contributed by atoms with Crippen LogP contribution in [0.25, 0.3) is 0 Å². The summed E-state index contributed by atoms with van der Waals surface area (Å²) in [5.41, 5.74) is 0.845. The first-order valence-corrected chi connectivity index (χ1v) is 13.3. The molecule has 36 heavy (non-hydrogen) atoms. The summed E-state index contributed by atoms with van der Waals surface area (Å²) in [6.07, 6.45) is 8.59. The zero-order valence-corrected chi connectivity index (χ0v) is 23.3. The molecule has 6 nitrogen and oxygen atoms in total. The van der Waals surface area contributed by atoms with Gasteiger partial charge in [0.15, 0.2) is 5.60 Å². The molecule has 0 saturated heterocycles.